The van der Waals surface area contributed by atoms with Crippen LogP contribution in [0, 0.1) is 0 Å². The van der Waals surface area contributed by atoms with Crippen molar-refractivity contribution < 1.29 is 13.2 Å². The number of anilines is 1. The Morgan fingerprint density at radius 1 is 1.09 bits per heavy atom. The summed E-state index contributed by atoms with van der Waals surface area (Å²) in [5.41, 5.74) is 0.197. The first-order valence-corrected chi connectivity index (χ1v) is 7.60. The Morgan fingerprint density at radius 2 is 1.83 bits per heavy atom. The molecular weight excluding hydrogens is 345 g/mol. The maximum atomic E-state index is 12.9. The maximum Gasteiger partial charge on any atom is 0.418 e. The van der Waals surface area contributed by atoms with Crippen LogP contribution in [0.1, 0.15) is 11.1 Å². The predicted molar refractivity (Wildman–Crippen MR) is 90.8 cm³/mol. The molecule has 2 N–H and O–H groups in total. The largest absolute Gasteiger partial charge is 0.418 e. The number of hydrogen-bond acceptors (Lipinski definition) is 1. The minimum atomic E-state index is -4.43. The first-order chi connectivity index (χ1) is 10.9. The third kappa shape index (κ3) is 5.41. The number of hydrogen-bond donors (Lipinski definition) is 2. The van der Waals surface area contributed by atoms with Gasteiger partial charge in [-0.05, 0) is 48.5 Å². The quantitative estimate of drug-likeness (QED) is 0.761. The number of nitrogens with one attached hydrogen (secondary N) is 2. The van der Waals surface area contributed by atoms with Crippen molar-refractivity contribution in [1.82, 2.24) is 5.32 Å². The summed E-state index contributed by atoms with van der Waals surface area (Å²) in [6.45, 7) is 0.486. The molecule has 7 heteroatoms. The molecule has 0 amide bonds. The van der Waals surface area contributed by atoms with E-state index in [1.807, 2.05) is 18.2 Å². The van der Waals surface area contributed by atoms with Crippen molar-refractivity contribution in [2.75, 3.05) is 11.9 Å². The average molecular weight is 359 g/mol. The van der Waals surface area contributed by atoms with Crippen LogP contribution in [0.3, 0.4) is 0 Å². The summed E-state index contributed by atoms with van der Waals surface area (Å²) in [5.74, 6) is 0. The zero-order valence-electron chi connectivity index (χ0n) is 12.0. The fourth-order valence-electron chi connectivity index (χ4n) is 2.02. The third-order valence-corrected chi connectivity index (χ3v) is 3.55. The Hall–Kier alpha value is -1.79. The van der Waals surface area contributed by atoms with Crippen LogP contribution in [0.5, 0.6) is 0 Å². The summed E-state index contributed by atoms with van der Waals surface area (Å²) in [4.78, 5) is 0. The molecule has 0 bridgehead atoms. The second kappa shape index (κ2) is 7.66. The van der Waals surface area contributed by atoms with Crippen LogP contribution in [0.25, 0.3) is 0 Å². The highest BCUT2D eigenvalue weighted by Crippen LogP contribution is 2.34. The SMILES string of the molecule is FC(F)(F)c1ccccc1NC(=S)NCCc1cccc(Cl)c1. The molecule has 0 aliphatic heterocycles. The van der Waals surface area contributed by atoms with Gasteiger partial charge < -0.3 is 10.6 Å². The van der Waals surface area contributed by atoms with E-state index >= 15 is 0 Å². The Labute approximate surface area is 142 Å². The van der Waals surface area contributed by atoms with Crippen LogP contribution in [0.2, 0.25) is 5.02 Å². The lowest BCUT2D eigenvalue weighted by Gasteiger charge is -2.15. The third-order valence-electron chi connectivity index (χ3n) is 3.07. The molecule has 0 aromatic heterocycles. The molecule has 0 saturated carbocycles. The normalized spacial score (nSPS) is 11.1. The van der Waals surface area contributed by atoms with Gasteiger partial charge in [0.25, 0.3) is 0 Å². The average Bonchev–Trinajstić information content (AvgIpc) is 2.47. The minimum absolute atomic E-state index is 0.0692. The first kappa shape index (κ1) is 17.6. The van der Waals surface area contributed by atoms with Crippen molar-refractivity contribution in [3.8, 4) is 0 Å². The van der Waals surface area contributed by atoms with Crippen LogP contribution >= 0.6 is 23.8 Å². The molecule has 2 rings (SSSR count). The molecular formula is C16H14ClF3N2S. The van der Waals surface area contributed by atoms with Gasteiger partial charge in [0.2, 0.25) is 0 Å². The molecule has 0 spiro atoms. The van der Waals surface area contributed by atoms with Crippen molar-refractivity contribution in [3.63, 3.8) is 0 Å². The zero-order chi connectivity index (χ0) is 16.9. The minimum Gasteiger partial charge on any atom is -0.362 e. The molecule has 0 radical (unpaired) electrons. The highest BCUT2D eigenvalue weighted by molar-refractivity contribution is 7.80. The summed E-state index contributed by atoms with van der Waals surface area (Å²) in [6.07, 6.45) is -3.77. The van der Waals surface area contributed by atoms with Crippen LogP contribution in [0.15, 0.2) is 48.5 Å². The fourth-order valence-corrected chi connectivity index (χ4v) is 2.44. The number of para-hydroxylation sites is 1. The molecule has 0 saturated heterocycles. The molecule has 2 nitrogen and oxygen atoms in total. The standard InChI is InChI=1S/C16H14ClF3N2S/c17-12-5-3-4-11(10-12)8-9-21-15(23)22-14-7-2-1-6-13(14)16(18,19)20/h1-7,10H,8-9H2,(H2,21,22,23). The lowest BCUT2D eigenvalue weighted by molar-refractivity contribution is -0.136. The summed E-state index contributed by atoms with van der Waals surface area (Å²) < 4.78 is 38.7. The number of halogens is 4. The monoisotopic (exact) mass is 358 g/mol. The highest BCUT2D eigenvalue weighted by atomic mass is 35.5. The van der Waals surface area contributed by atoms with Gasteiger partial charge in [0, 0.05) is 11.6 Å². The lowest BCUT2D eigenvalue weighted by atomic mass is 10.1. The number of alkyl halides is 3. The Morgan fingerprint density at radius 3 is 2.52 bits per heavy atom. The van der Waals surface area contributed by atoms with E-state index in [4.69, 9.17) is 23.8 Å². The number of benzene rings is 2. The molecule has 0 heterocycles. The van der Waals surface area contributed by atoms with E-state index in [9.17, 15) is 13.2 Å². The van der Waals surface area contributed by atoms with E-state index in [-0.39, 0.29) is 10.8 Å². The van der Waals surface area contributed by atoms with Crippen molar-refractivity contribution >= 4 is 34.6 Å². The first-order valence-electron chi connectivity index (χ1n) is 6.82. The van der Waals surface area contributed by atoms with Gasteiger partial charge in [-0.1, -0.05) is 35.9 Å². The Kier molecular flexibility index (Phi) is 5.85. The van der Waals surface area contributed by atoms with Crippen molar-refractivity contribution in [1.29, 1.82) is 0 Å². The van der Waals surface area contributed by atoms with E-state index in [1.165, 1.54) is 18.2 Å². The van der Waals surface area contributed by atoms with Crippen molar-refractivity contribution in [3.05, 3.63) is 64.7 Å². The van der Waals surface area contributed by atoms with Gasteiger partial charge in [-0.2, -0.15) is 13.2 Å². The maximum absolute atomic E-state index is 12.9. The fraction of sp³-hybridized carbons (Fsp3) is 0.188. The van der Waals surface area contributed by atoms with Gasteiger partial charge in [-0.15, -0.1) is 0 Å². The van der Waals surface area contributed by atoms with Gasteiger partial charge >= 0.3 is 6.18 Å². The second-order valence-electron chi connectivity index (χ2n) is 4.80. The highest BCUT2D eigenvalue weighted by Gasteiger charge is 2.33. The molecule has 0 fully saturated rings. The molecule has 2 aromatic rings. The molecule has 122 valence electrons. The van der Waals surface area contributed by atoms with Gasteiger partial charge in [0.1, 0.15) is 0 Å². The summed E-state index contributed by atoms with van der Waals surface area (Å²) in [6, 6.07) is 12.6. The summed E-state index contributed by atoms with van der Waals surface area (Å²) >= 11 is 10.9. The van der Waals surface area contributed by atoms with Gasteiger partial charge in [-0.3, -0.25) is 0 Å². The molecule has 0 atom stereocenters. The van der Waals surface area contributed by atoms with Crippen LogP contribution < -0.4 is 10.6 Å². The van der Waals surface area contributed by atoms with E-state index < -0.39 is 11.7 Å². The topological polar surface area (TPSA) is 24.1 Å². The summed E-state index contributed by atoms with van der Waals surface area (Å²) in [5, 5.41) is 6.26. The lowest BCUT2D eigenvalue weighted by Crippen LogP contribution is -2.31. The van der Waals surface area contributed by atoms with E-state index in [2.05, 4.69) is 10.6 Å². The number of rotatable bonds is 4. The molecule has 0 aliphatic carbocycles. The van der Waals surface area contributed by atoms with Crippen molar-refractivity contribution in [2.45, 2.75) is 12.6 Å². The Balaban J connectivity index is 1.91. The number of thiocarbonyl (C=S) groups is 1. The van der Waals surface area contributed by atoms with Gasteiger partial charge in [0.05, 0.1) is 11.3 Å². The molecule has 23 heavy (non-hydrogen) atoms. The van der Waals surface area contributed by atoms with Crippen LogP contribution in [-0.2, 0) is 12.6 Å². The summed E-state index contributed by atoms with van der Waals surface area (Å²) in [7, 11) is 0. The zero-order valence-corrected chi connectivity index (χ0v) is 13.5. The van der Waals surface area contributed by atoms with E-state index in [0.29, 0.717) is 18.0 Å². The van der Waals surface area contributed by atoms with Crippen LogP contribution in [0.4, 0.5) is 18.9 Å². The van der Waals surface area contributed by atoms with Crippen LogP contribution in [-0.4, -0.2) is 11.7 Å². The van der Waals surface area contributed by atoms with Crippen molar-refractivity contribution in [2.24, 2.45) is 0 Å². The Bertz CT molecular complexity index is 689. The second-order valence-corrected chi connectivity index (χ2v) is 5.65. The molecule has 0 aliphatic rings. The molecule has 2 aromatic carbocycles. The van der Waals surface area contributed by atoms with E-state index in [0.717, 1.165) is 11.6 Å². The smallest absolute Gasteiger partial charge is 0.362 e. The predicted octanol–water partition coefficient (Wildman–Crippen LogP) is 4.89. The van der Waals surface area contributed by atoms with Gasteiger partial charge in [0.15, 0.2) is 5.11 Å². The molecule has 0 unspecified atom stereocenters. The van der Waals surface area contributed by atoms with Gasteiger partial charge in [-0.25, -0.2) is 0 Å². The van der Waals surface area contributed by atoms with E-state index in [1.54, 1.807) is 6.07 Å².